The predicted molar refractivity (Wildman–Crippen MR) is 78.0 cm³/mol. The molecule has 3 rings (SSSR count). The molecular weight excluding hydrogens is 270 g/mol. The van der Waals surface area contributed by atoms with Crippen molar-refractivity contribution in [3.05, 3.63) is 35.5 Å². The van der Waals surface area contributed by atoms with Crippen LogP contribution in [0, 0.1) is 0 Å². The molecule has 1 fully saturated rings. The molecule has 2 aromatic rings. The standard InChI is InChI=1S/C16H19NO4/c1-19-16(18)12-6-5-11-8-13(17-14(11)9-12)10-21-15-4-2-3-7-20-15/h5-6,8-9,15,17H,2-4,7,10H2,1H3. The molecule has 0 radical (unpaired) electrons. The Morgan fingerprint density at radius 2 is 2.29 bits per heavy atom. The number of nitrogens with one attached hydrogen (secondary N) is 1. The lowest BCUT2D eigenvalue weighted by Gasteiger charge is -2.22. The van der Waals surface area contributed by atoms with Gasteiger partial charge >= 0.3 is 5.97 Å². The second-order valence-electron chi connectivity index (χ2n) is 5.20. The SMILES string of the molecule is COC(=O)c1ccc2cc(COC3CCCCO3)[nH]c2c1. The zero-order chi connectivity index (χ0) is 14.7. The first-order valence-corrected chi connectivity index (χ1v) is 7.19. The van der Waals surface area contributed by atoms with Gasteiger partial charge in [-0.1, -0.05) is 6.07 Å². The van der Waals surface area contributed by atoms with Crippen molar-refractivity contribution >= 4 is 16.9 Å². The van der Waals surface area contributed by atoms with Crippen molar-refractivity contribution in [1.82, 2.24) is 4.98 Å². The lowest BCUT2D eigenvalue weighted by atomic mass is 10.1. The smallest absolute Gasteiger partial charge is 0.337 e. The summed E-state index contributed by atoms with van der Waals surface area (Å²) in [4.78, 5) is 14.8. The molecule has 1 N–H and O–H groups in total. The second-order valence-corrected chi connectivity index (χ2v) is 5.20. The van der Waals surface area contributed by atoms with Gasteiger partial charge in [-0.15, -0.1) is 0 Å². The maximum atomic E-state index is 11.5. The summed E-state index contributed by atoms with van der Waals surface area (Å²) in [7, 11) is 1.38. The van der Waals surface area contributed by atoms with Crippen LogP contribution in [0.15, 0.2) is 24.3 Å². The Bertz CT molecular complexity index is 628. The molecule has 1 atom stereocenters. The fourth-order valence-corrected chi connectivity index (χ4v) is 2.54. The lowest BCUT2D eigenvalue weighted by molar-refractivity contribution is -0.169. The average Bonchev–Trinajstić information content (AvgIpc) is 2.95. The molecule has 5 heteroatoms. The van der Waals surface area contributed by atoms with E-state index in [-0.39, 0.29) is 12.3 Å². The van der Waals surface area contributed by atoms with Crippen molar-refractivity contribution in [3.8, 4) is 0 Å². The highest BCUT2D eigenvalue weighted by molar-refractivity contribution is 5.94. The average molecular weight is 289 g/mol. The van der Waals surface area contributed by atoms with Crippen LogP contribution in [-0.2, 0) is 20.8 Å². The van der Waals surface area contributed by atoms with Crippen molar-refractivity contribution in [2.45, 2.75) is 32.2 Å². The normalized spacial score (nSPS) is 18.8. The van der Waals surface area contributed by atoms with Crippen molar-refractivity contribution in [2.75, 3.05) is 13.7 Å². The van der Waals surface area contributed by atoms with Crippen LogP contribution >= 0.6 is 0 Å². The molecule has 1 saturated heterocycles. The van der Waals surface area contributed by atoms with Crippen LogP contribution in [0.2, 0.25) is 0 Å². The van der Waals surface area contributed by atoms with E-state index >= 15 is 0 Å². The number of benzene rings is 1. The van der Waals surface area contributed by atoms with Crippen LogP contribution in [0.25, 0.3) is 10.9 Å². The highest BCUT2D eigenvalue weighted by Gasteiger charge is 2.14. The van der Waals surface area contributed by atoms with Crippen LogP contribution < -0.4 is 0 Å². The van der Waals surface area contributed by atoms with E-state index < -0.39 is 0 Å². The summed E-state index contributed by atoms with van der Waals surface area (Å²) < 4.78 is 16.0. The summed E-state index contributed by atoms with van der Waals surface area (Å²) >= 11 is 0. The first-order valence-electron chi connectivity index (χ1n) is 7.19. The van der Waals surface area contributed by atoms with Gasteiger partial charge in [0.05, 0.1) is 19.3 Å². The van der Waals surface area contributed by atoms with Crippen molar-refractivity contribution < 1.29 is 19.0 Å². The van der Waals surface area contributed by atoms with Gasteiger partial charge < -0.3 is 19.2 Å². The number of fused-ring (bicyclic) bond motifs is 1. The molecule has 1 aromatic carbocycles. The zero-order valence-corrected chi connectivity index (χ0v) is 12.1. The van der Waals surface area contributed by atoms with Crippen LogP contribution in [0.4, 0.5) is 0 Å². The summed E-state index contributed by atoms with van der Waals surface area (Å²) in [6, 6.07) is 7.48. The molecule has 1 aliphatic heterocycles. The van der Waals surface area contributed by atoms with Crippen molar-refractivity contribution in [2.24, 2.45) is 0 Å². The number of hydrogen-bond donors (Lipinski definition) is 1. The van der Waals surface area contributed by atoms with Gasteiger partial charge in [-0.05, 0) is 42.8 Å². The quantitative estimate of drug-likeness (QED) is 0.879. The monoisotopic (exact) mass is 289 g/mol. The van der Waals surface area contributed by atoms with Crippen LogP contribution in [0.5, 0.6) is 0 Å². The topological polar surface area (TPSA) is 60.6 Å². The molecule has 1 unspecified atom stereocenters. The van der Waals surface area contributed by atoms with Crippen LogP contribution in [-0.4, -0.2) is 31.0 Å². The Hall–Kier alpha value is -1.85. The van der Waals surface area contributed by atoms with Gasteiger partial charge in [0.2, 0.25) is 0 Å². The third kappa shape index (κ3) is 3.25. The summed E-state index contributed by atoms with van der Waals surface area (Å²) in [6.45, 7) is 1.26. The first-order chi connectivity index (χ1) is 10.3. The number of carbonyl (C=O) groups is 1. The van der Waals surface area contributed by atoms with E-state index in [1.54, 1.807) is 12.1 Å². The largest absolute Gasteiger partial charge is 0.465 e. The minimum Gasteiger partial charge on any atom is -0.465 e. The number of hydrogen-bond acceptors (Lipinski definition) is 4. The van der Waals surface area contributed by atoms with Gasteiger partial charge in [0, 0.05) is 17.8 Å². The number of carbonyl (C=O) groups excluding carboxylic acids is 1. The van der Waals surface area contributed by atoms with E-state index in [1.807, 2.05) is 12.1 Å². The summed E-state index contributed by atoms with van der Waals surface area (Å²) in [5, 5.41) is 1.05. The van der Waals surface area contributed by atoms with Gasteiger partial charge in [-0.2, -0.15) is 0 Å². The fraction of sp³-hybridized carbons (Fsp3) is 0.438. The number of aromatic nitrogens is 1. The Labute approximate surface area is 123 Å². The number of rotatable bonds is 4. The third-order valence-electron chi connectivity index (χ3n) is 3.66. The number of methoxy groups -OCH3 is 1. The predicted octanol–water partition coefficient (Wildman–Crippen LogP) is 3.00. The van der Waals surface area contributed by atoms with E-state index in [9.17, 15) is 4.79 Å². The van der Waals surface area contributed by atoms with E-state index in [1.165, 1.54) is 7.11 Å². The number of H-pyrrole nitrogens is 1. The number of esters is 1. The molecule has 112 valence electrons. The minimum atomic E-state index is -0.333. The van der Waals surface area contributed by atoms with Gasteiger partial charge in [0.15, 0.2) is 6.29 Å². The minimum absolute atomic E-state index is 0.101. The molecule has 0 aliphatic carbocycles. The fourth-order valence-electron chi connectivity index (χ4n) is 2.54. The Morgan fingerprint density at radius 3 is 3.05 bits per heavy atom. The Kier molecular flexibility index (Phi) is 4.22. The van der Waals surface area contributed by atoms with E-state index in [4.69, 9.17) is 14.2 Å². The molecule has 0 spiro atoms. The van der Waals surface area contributed by atoms with Gasteiger partial charge in [0.25, 0.3) is 0 Å². The van der Waals surface area contributed by atoms with Crippen LogP contribution in [0.1, 0.15) is 35.3 Å². The lowest BCUT2D eigenvalue weighted by Crippen LogP contribution is -2.22. The van der Waals surface area contributed by atoms with Gasteiger partial charge in [0.1, 0.15) is 0 Å². The number of ether oxygens (including phenoxy) is 3. The molecule has 2 heterocycles. The molecule has 1 aliphatic rings. The molecular formula is C16H19NO4. The Balaban J connectivity index is 1.70. The summed E-state index contributed by atoms with van der Waals surface area (Å²) in [6.07, 6.45) is 3.12. The molecule has 0 amide bonds. The van der Waals surface area contributed by atoms with E-state index in [2.05, 4.69) is 4.98 Å². The molecule has 0 saturated carbocycles. The molecule has 0 bridgehead atoms. The van der Waals surface area contributed by atoms with Crippen molar-refractivity contribution in [1.29, 1.82) is 0 Å². The highest BCUT2D eigenvalue weighted by Crippen LogP contribution is 2.20. The zero-order valence-electron chi connectivity index (χ0n) is 12.1. The van der Waals surface area contributed by atoms with E-state index in [0.29, 0.717) is 12.2 Å². The Morgan fingerprint density at radius 1 is 1.38 bits per heavy atom. The first kappa shape index (κ1) is 14.1. The molecule has 5 nitrogen and oxygen atoms in total. The molecule has 1 aromatic heterocycles. The maximum Gasteiger partial charge on any atom is 0.337 e. The summed E-state index contributed by atoms with van der Waals surface area (Å²) in [5.74, 6) is -0.333. The van der Waals surface area contributed by atoms with E-state index in [0.717, 1.165) is 42.5 Å². The van der Waals surface area contributed by atoms with Gasteiger partial charge in [-0.3, -0.25) is 0 Å². The summed E-state index contributed by atoms with van der Waals surface area (Å²) in [5.41, 5.74) is 2.41. The van der Waals surface area contributed by atoms with Crippen molar-refractivity contribution in [3.63, 3.8) is 0 Å². The van der Waals surface area contributed by atoms with Crippen LogP contribution in [0.3, 0.4) is 0 Å². The maximum absolute atomic E-state index is 11.5. The highest BCUT2D eigenvalue weighted by atomic mass is 16.7. The third-order valence-corrected chi connectivity index (χ3v) is 3.66. The second kappa shape index (κ2) is 6.28. The van der Waals surface area contributed by atoms with Gasteiger partial charge in [-0.25, -0.2) is 4.79 Å². The molecule has 21 heavy (non-hydrogen) atoms. The number of aromatic amines is 1.